The average molecular weight is 498 g/mol. The second-order valence-electron chi connectivity index (χ2n) is 7.80. The van der Waals surface area contributed by atoms with Crippen molar-refractivity contribution in [1.82, 2.24) is 9.97 Å². The van der Waals surface area contributed by atoms with Gasteiger partial charge in [-0.05, 0) is 42.5 Å². The van der Waals surface area contributed by atoms with Crippen molar-refractivity contribution >= 4 is 46.2 Å². The van der Waals surface area contributed by atoms with Crippen LogP contribution < -0.4 is 20.7 Å². The average Bonchev–Trinajstić information content (AvgIpc) is 2.90. The van der Waals surface area contributed by atoms with Crippen LogP contribution in [-0.2, 0) is 4.79 Å². The highest BCUT2D eigenvalue weighted by Gasteiger charge is 2.21. The van der Waals surface area contributed by atoms with Crippen molar-refractivity contribution in [3.05, 3.63) is 100 Å². The van der Waals surface area contributed by atoms with Gasteiger partial charge in [-0.2, -0.15) is 4.98 Å². The maximum absolute atomic E-state index is 13.2. The minimum atomic E-state index is -0.615. The first-order chi connectivity index (χ1) is 17.8. The van der Waals surface area contributed by atoms with Crippen LogP contribution in [0.4, 0.5) is 34.5 Å². The monoisotopic (exact) mass is 498 g/mol. The van der Waals surface area contributed by atoms with Crippen LogP contribution in [0.5, 0.6) is 5.75 Å². The van der Waals surface area contributed by atoms with Crippen molar-refractivity contribution in [2.75, 3.05) is 23.1 Å². The Kier molecular flexibility index (Phi) is 7.34. The van der Waals surface area contributed by atoms with Gasteiger partial charge in [0.15, 0.2) is 5.78 Å². The molecule has 3 aromatic carbocycles. The van der Waals surface area contributed by atoms with Crippen LogP contribution in [0, 0.1) is 10.1 Å². The van der Waals surface area contributed by atoms with E-state index < -0.39 is 4.92 Å². The van der Waals surface area contributed by atoms with Gasteiger partial charge >= 0.3 is 5.69 Å². The third-order valence-electron chi connectivity index (χ3n) is 5.19. The lowest BCUT2D eigenvalue weighted by molar-refractivity contribution is -0.384. The number of amides is 1. The molecule has 0 saturated heterocycles. The molecular weight excluding hydrogens is 476 g/mol. The number of rotatable bonds is 9. The highest BCUT2D eigenvalue weighted by Crippen LogP contribution is 2.31. The summed E-state index contributed by atoms with van der Waals surface area (Å²) in [6, 6.07) is 20.2. The normalized spacial score (nSPS) is 10.3. The molecule has 0 unspecified atom stereocenters. The smallest absolute Gasteiger partial charge is 0.329 e. The zero-order chi connectivity index (χ0) is 26.4. The summed E-state index contributed by atoms with van der Waals surface area (Å²) in [6.07, 6.45) is 1.07. The Morgan fingerprint density at radius 1 is 0.946 bits per heavy atom. The van der Waals surface area contributed by atoms with Gasteiger partial charge in [-0.1, -0.05) is 30.3 Å². The van der Waals surface area contributed by atoms with Crippen LogP contribution in [0.1, 0.15) is 22.8 Å². The van der Waals surface area contributed by atoms with Gasteiger partial charge in [-0.15, -0.1) is 0 Å². The Morgan fingerprint density at radius 2 is 1.65 bits per heavy atom. The molecule has 37 heavy (non-hydrogen) atoms. The molecule has 0 bridgehead atoms. The summed E-state index contributed by atoms with van der Waals surface area (Å²) in [5.41, 5.74) is 1.84. The van der Waals surface area contributed by atoms with Gasteiger partial charge in [-0.3, -0.25) is 19.7 Å². The van der Waals surface area contributed by atoms with E-state index >= 15 is 0 Å². The molecule has 1 amide bonds. The van der Waals surface area contributed by atoms with Crippen molar-refractivity contribution in [2.45, 2.75) is 6.92 Å². The summed E-state index contributed by atoms with van der Waals surface area (Å²) < 4.78 is 5.28. The molecule has 1 heterocycles. The number of aromatic nitrogens is 2. The second-order valence-corrected chi connectivity index (χ2v) is 7.80. The number of carbonyl (C=O) groups is 2. The summed E-state index contributed by atoms with van der Waals surface area (Å²) in [4.78, 5) is 43.9. The van der Waals surface area contributed by atoms with Gasteiger partial charge in [0.2, 0.25) is 17.7 Å². The van der Waals surface area contributed by atoms with Crippen molar-refractivity contribution < 1.29 is 19.2 Å². The van der Waals surface area contributed by atoms with Gasteiger partial charge in [-0.25, -0.2) is 4.98 Å². The Balaban J connectivity index is 1.67. The van der Waals surface area contributed by atoms with Gasteiger partial charge in [0.05, 0.1) is 17.7 Å². The summed E-state index contributed by atoms with van der Waals surface area (Å²) in [5, 5.41) is 20.3. The van der Waals surface area contributed by atoms with Crippen LogP contribution in [0.25, 0.3) is 0 Å². The fourth-order valence-electron chi connectivity index (χ4n) is 3.45. The number of nitrogens with one attached hydrogen (secondary N) is 3. The molecule has 0 saturated carbocycles. The Morgan fingerprint density at radius 3 is 2.30 bits per heavy atom. The lowest BCUT2D eigenvalue weighted by Crippen LogP contribution is -2.09. The van der Waals surface area contributed by atoms with Crippen LogP contribution in [0.2, 0.25) is 0 Å². The molecule has 0 aliphatic carbocycles. The van der Waals surface area contributed by atoms with E-state index in [0.29, 0.717) is 28.4 Å². The van der Waals surface area contributed by atoms with Crippen LogP contribution in [0.3, 0.4) is 0 Å². The van der Waals surface area contributed by atoms with Gasteiger partial charge < -0.3 is 20.7 Å². The minimum absolute atomic E-state index is 0.0878. The summed E-state index contributed by atoms with van der Waals surface area (Å²) in [6.45, 7) is 1.41. The molecule has 0 fully saturated rings. The first-order valence-corrected chi connectivity index (χ1v) is 11.0. The van der Waals surface area contributed by atoms with Crippen molar-refractivity contribution in [3.63, 3.8) is 0 Å². The summed E-state index contributed by atoms with van der Waals surface area (Å²) >= 11 is 0. The minimum Gasteiger partial charge on any atom is -0.497 e. The van der Waals surface area contributed by atoms with E-state index in [1.807, 2.05) is 0 Å². The third kappa shape index (κ3) is 6.03. The van der Waals surface area contributed by atoms with E-state index in [1.165, 1.54) is 14.0 Å². The predicted octanol–water partition coefficient (Wildman–Crippen LogP) is 5.07. The van der Waals surface area contributed by atoms with Gasteiger partial charge in [0.25, 0.3) is 0 Å². The summed E-state index contributed by atoms with van der Waals surface area (Å²) in [5.74, 6) is -0.0587. The van der Waals surface area contributed by atoms with Crippen LogP contribution >= 0.6 is 0 Å². The number of ketones is 1. The zero-order valence-electron chi connectivity index (χ0n) is 19.9. The molecule has 186 valence electrons. The number of hydrogen-bond donors (Lipinski definition) is 3. The Bertz CT molecular complexity index is 1460. The van der Waals surface area contributed by atoms with Gasteiger partial charge in [0.1, 0.15) is 11.9 Å². The number of benzene rings is 3. The molecule has 4 rings (SSSR count). The van der Waals surface area contributed by atoms with E-state index in [1.54, 1.807) is 72.8 Å². The van der Waals surface area contributed by atoms with Crippen LogP contribution in [0.15, 0.2) is 79.0 Å². The van der Waals surface area contributed by atoms with Crippen molar-refractivity contribution in [1.29, 1.82) is 0 Å². The molecule has 0 radical (unpaired) electrons. The lowest BCUT2D eigenvalue weighted by atomic mass is 10.0. The summed E-state index contributed by atoms with van der Waals surface area (Å²) in [7, 11) is 1.48. The zero-order valence-corrected chi connectivity index (χ0v) is 19.9. The molecule has 0 aliphatic heterocycles. The number of ether oxygens (including phenoxy) is 1. The van der Waals surface area contributed by atoms with E-state index in [2.05, 4.69) is 25.9 Å². The second kappa shape index (κ2) is 11.0. The number of nitrogens with zero attached hydrogens (tertiary/aromatic N) is 3. The number of carbonyl (C=O) groups excluding carboxylic acids is 2. The molecule has 11 heteroatoms. The topological polar surface area (TPSA) is 148 Å². The highest BCUT2D eigenvalue weighted by molar-refractivity contribution is 6.13. The molecule has 4 aromatic rings. The molecule has 3 N–H and O–H groups in total. The molecule has 0 aliphatic rings. The molecule has 0 atom stereocenters. The number of nitro groups is 1. The standard InChI is InChI=1S/C26H22N6O5/c1-16(33)28-18-8-10-19(11-9-18)29-26-27-15-23(32(35)36)25(31-26)30-22-13-12-20(37-2)14-21(22)24(34)17-6-4-3-5-7-17/h3-15H,1-2H3,(H,28,33)(H2,27,29,30,31). The van der Waals surface area contributed by atoms with Crippen LogP contribution in [-0.4, -0.2) is 33.7 Å². The van der Waals surface area contributed by atoms with E-state index in [0.717, 1.165) is 6.20 Å². The fraction of sp³-hybridized carbons (Fsp3) is 0.0769. The molecule has 0 spiro atoms. The van der Waals surface area contributed by atoms with E-state index in [9.17, 15) is 19.7 Å². The maximum Gasteiger partial charge on any atom is 0.329 e. The Hall–Kier alpha value is -5.32. The first kappa shape index (κ1) is 24.8. The van der Waals surface area contributed by atoms with E-state index in [-0.39, 0.29) is 34.7 Å². The molecular formula is C26H22N6O5. The van der Waals surface area contributed by atoms with Gasteiger partial charge in [0, 0.05) is 29.4 Å². The lowest BCUT2D eigenvalue weighted by Gasteiger charge is -2.14. The fourth-order valence-corrected chi connectivity index (χ4v) is 3.45. The van der Waals surface area contributed by atoms with Crippen molar-refractivity contribution in [2.24, 2.45) is 0 Å². The first-order valence-electron chi connectivity index (χ1n) is 11.0. The highest BCUT2D eigenvalue weighted by atomic mass is 16.6. The number of methoxy groups -OCH3 is 1. The largest absolute Gasteiger partial charge is 0.497 e. The SMILES string of the molecule is COc1ccc(Nc2nc(Nc3ccc(NC(C)=O)cc3)ncc2[N+](=O)[O-])c(C(=O)c2ccccc2)c1. The quantitative estimate of drug-likeness (QED) is 0.163. The van der Waals surface area contributed by atoms with E-state index in [4.69, 9.17) is 4.74 Å². The molecule has 1 aromatic heterocycles. The maximum atomic E-state index is 13.2. The predicted molar refractivity (Wildman–Crippen MR) is 139 cm³/mol. The number of anilines is 5. The third-order valence-corrected chi connectivity index (χ3v) is 5.19. The number of hydrogen-bond acceptors (Lipinski definition) is 9. The Labute approximate surface area is 211 Å². The van der Waals surface area contributed by atoms with Crippen molar-refractivity contribution in [3.8, 4) is 5.75 Å². The molecule has 11 nitrogen and oxygen atoms in total.